The van der Waals surface area contributed by atoms with Crippen molar-refractivity contribution in [3.05, 3.63) is 29.8 Å². The molecule has 1 rings (SSSR count). The van der Waals surface area contributed by atoms with Crippen LogP contribution in [0.25, 0.3) is 0 Å². The standard InChI is InChI=1S/C22H34O4.CH4O/c1-22(2,3)26-21(24)19-13-15-20(16-14-19)25-18-12-10-8-6-4-5-7-9-11-17-23;1-2/h13-17H,4-12,18H2,1-3H3;2H,1H3. The molecular formula is C23H38O5. The first-order chi connectivity index (χ1) is 13.4. The van der Waals surface area contributed by atoms with E-state index in [0.29, 0.717) is 18.6 Å². The summed E-state index contributed by atoms with van der Waals surface area (Å²) in [6, 6.07) is 7.12. The molecule has 1 N–H and O–H groups in total. The van der Waals surface area contributed by atoms with Crippen molar-refractivity contribution in [2.75, 3.05) is 13.7 Å². The summed E-state index contributed by atoms with van der Waals surface area (Å²) >= 11 is 0. The number of hydrogen-bond acceptors (Lipinski definition) is 5. The molecule has 1 aromatic rings. The van der Waals surface area contributed by atoms with E-state index in [2.05, 4.69) is 0 Å². The van der Waals surface area contributed by atoms with Crippen LogP contribution >= 0.6 is 0 Å². The van der Waals surface area contributed by atoms with E-state index in [4.69, 9.17) is 14.6 Å². The maximum absolute atomic E-state index is 12.0. The van der Waals surface area contributed by atoms with Gasteiger partial charge in [-0.15, -0.1) is 0 Å². The number of aliphatic hydroxyl groups is 1. The van der Waals surface area contributed by atoms with Crippen LogP contribution in [0.4, 0.5) is 0 Å². The van der Waals surface area contributed by atoms with E-state index in [-0.39, 0.29) is 5.97 Å². The van der Waals surface area contributed by atoms with Gasteiger partial charge in [-0.25, -0.2) is 4.79 Å². The Morgan fingerprint density at radius 3 is 1.89 bits per heavy atom. The third-order valence-corrected chi connectivity index (χ3v) is 3.97. The van der Waals surface area contributed by atoms with E-state index in [1.807, 2.05) is 32.9 Å². The fourth-order valence-corrected chi connectivity index (χ4v) is 2.60. The minimum absolute atomic E-state index is 0.310. The molecule has 28 heavy (non-hydrogen) atoms. The molecule has 0 aromatic heterocycles. The number of hydrogen-bond donors (Lipinski definition) is 1. The van der Waals surface area contributed by atoms with Crippen molar-refractivity contribution in [1.82, 2.24) is 0 Å². The van der Waals surface area contributed by atoms with Crippen LogP contribution < -0.4 is 4.74 Å². The van der Waals surface area contributed by atoms with Gasteiger partial charge in [0.2, 0.25) is 0 Å². The second-order valence-electron chi connectivity index (χ2n) is 7.66. The summed E-state index contributed by atoms with van der Waals surface area (Å²) in [7, 11) is 1.00. The number of benzene rings is 1. The van der Waals surface area contributed by atoms with Gasteiger partial charge in [-0.2, -0.15) is 0 Å². The van der Waals surface area contributed by atoms with Gasteiger partial charge in [0, 0.05) is 13.5 Å². The Morgan fingerprint density at radius 1 is 0.893 bits per heavy atom. The number of aliphatic hydroxyl groups excluding tert-OH is 1. The van der Waals surface area contributed by atoms with Crippen LogP contribution in [0.1, 0.15) is 88.9 Å². The van der Waals surface area contributed by atoms with E-state index in [0.717, 1.165) is 32.0 Å². The average molecular weight is 395 g/mol. The highest BCUT2D eigenvalue weighted by molar-refractivity contribution is 5.89. The van der Waals surface area contributed by atoms with Crippen LogP contribution in [0, 0.1) is 0 Å². The fraction of sp³-hybridized carbons (Fsp3) is 0.652. The number of unbranched alkanes of at least 4 members (excludes halogenated alkanes) is 8. The van der Waals surface area contributed by atoms with Gasteiger partial charge in [0.1, 0.15) is 17.6 Å². The Kier molecular flexibility index (Phi) is 15.0. The predicted octanol–water partition coefficient (Wildman–Crippen LogP) is 5.34. The lowest BCUT2D eigenvalue weighted by molar-refractivity contribution is -0.107. The molecule has 0 aliphatic carbocycles. The van der Waals surface area contributed by atoms with Crippen molar-refractivity contribution in [2.45, 2.75) is 84.2 Å². The molecular weight excluding hydrogens is 356 g/mol. The van der Waals surface area contributed by atoms with E-state index in [1.54, 1.807) is 12.1 Å². The van der Waals surface area contributed by atoms with Crippen molar-refractivity contribution >= 4 is 12.3 Å². The topological polar surface area (TPSA) is 72.8 Å². The third-order valence-electron chi connectivity index (χ3n) is 3.97. The first-order valence-corrected chi connectivity index (χ1v) is 10.3. The van der Waals surface area contributed by atoms with Crippen LogP contribution in [0.3, 0.4) is 0 Å². The summed E-state index contributed by atoms with van der Waals surface area (Å²) in [5, 5.41) is 7.00. The number of carbonyl (C=O) groups excluding carboxylic acids is 2. The molecule has 0 unspecified atom stereocenters. The molecule has 1 aromatic carbocycles. The minimum Gasteiger partial charge on any atom is -0.494 e. The maximum atomic E-state index is 12.0. The number of aldehydes is 1. The highest BCUT2D eigenvalue weighted by Gasteiger charge is 2.17. The molecule has 0 radical (unpaired) electrons. The highest BCUT2D eigenvalue weighted by Crippen LogP contribution is 2.17. The quantitative estimate of drug-likeness (QED) is 0.278. The fourth-order valence-electron chi connectivity index (χ4n) is 2.60. The molecule has 0 heterocycles. The van der Waals surface area contributed by atoms with E-state index in [9.17, 15) is 9.59 Å². The van der Waals surface area contributed by atoms with Crippen molar-refractivity contribution in [3.8, 4) is 5.75 Å². The Labute approximate surface area is 170 Å². The van der Waals surface area contributed by atoms with Crippen molar-refractivity contribution in [2.24, 2.45) is 0 Å². The van der Waals surface area contributed by atoms with Crippen molar-refractivity contribution < 1.29 is 24.2 Å². The minimum atomic E-state index is -0.484. The molecule has 0 atom stereocenters. The summed E-state index contributed by atoms with van der Waals surface area (Å²) in [5.74, 6) is 0.475. The van der Waals surface area contributed by atoms with Crippen LogP contribution in [-0.4, -0.2) is 36.7 Å². The van der Waals surface area contributed by atoms with Crippen LogP contribution in [-0.2, 0) is 9.53 Å². The first kappa shape index (κ1) is 26.1. The van der Waals surface area contributed by atoms with Crippen LogP contribution in [0.2, 0.25) is 0 Å². The van der Waals surface area contributed by atoms with Crippen molar-refractivity contribution in [3.63, 3.8) is 0 Å². The smallest absolute Gasteiger partial charge is 0.338 e. The van der Waals surface area contributed by atoms with Gasteiger partial charge < -0.3 is 19.4 Å². The van der Waals surface area contributed by atoms with Gasteiger partial charge in [0.15, 0.2) is 0 Å². The van der Waals surface area contributed by atoms with Gasteiger partial charge in [-0.1, -0.05) is 38.5 Å². The Balaban J connectivity index is 0.00000352. The number of carbonyl (C=O) groups is 2. The van der Waals surface area contributed by atoms with Gasteiger partial charge in [-0.3, -0.25) is 0 Å². The number of rotatable bonds is 13. The largest absolute Gasteiger partial charge is 0.494 e. The second kappa shape index (κ2) is 16.1. The molecule has 160 valence electrons. The lowest BCUT2D eigenvalue weighted by atomic mass is 10.1. The zero-order chi connectivity index (χ0) is 21.3. The molecule has 0 amide bonds. The molecule has 5 nitrogen and oxygen atoms in total. The summed E-state index contributed by atoms with van der Waals surface area (Å²) in [6.07, 6.45) is 11.1. The molecule has 5 heteroatoms. The lowest BCUT2D eigenvalue weighted by Crippen LogP contribution is -2.23. The Hall–Kier alpha value is -1.88. The zero-order valence-electron chi connectivity index (χ0n) is 18.0. The summed E-state index contributed by atoms with van der Waals surface area (Å²) in [6.45, 7) is 6.27. The zero-order valence-corrected chi connectivity index (χ0v) is 18.0. The average Bonchev–Trinajstić information content (AvgIpc) is 2.67. The Bertz CT molecular complexity index is 517. The van der Waals surface area contributed by atoms with Gasteiger partial charge >= 0.3 is 5.97 Å². The summed E-state index contributed by atoms with van der Waals surface area (Å²) < 4.78 is 11.1. The monoisotopic (exact) mass is 394 g/mol. The molecule has 0 bridgehead atoms. The van der Waals surface area contributed by atoms with E-state index in [1.165, 1.54) is 38.5 Å². The summed E-state index contributed by atoms with van der Waals surface area (Å²) in [4.78, 5) is 22.2. The molecule has 0 spiro atoms. The molecule has 0 fully saturated rings. The van der Waals surface area contributed by atoms with E-state index >= 15 is 0 Å². The summed E-state index contributed by atoms with van der Waals surface area (Å²) in [5.41, 5.74) is 0.0577. The maximum Gasteiger partial charge on any atom is 0.338 e. The third kappa shape index (κ3) is 14.2. The molecule has 0 saturated carbocycles. The molecule has 0 aliphatic rings. The molecule has 0 aliphatic heterocycles. The normalized spacial score (nSPS) is 10.6. The van der Waals surface area contributed by atoms with Crippen LogP contribution in [0.15, 0.2) is 24.3 Å². The Morgan fingerprint density at radius 2 is 1.39 bits per heavy atom. The number of esters is 1. The lowest BCUT2D eigenvalue weighted by Gasteiger charge is -2.19. The van der Waals surface area contributed by atoms with Gasteiger partial charge in [0.05, 0.1) is 12.2 Å². The first-order valence-electron chi connectivity index (χ1n) is 10.3. The second-order valence-corrected chi connectivity index (χ2v) is 7.66. The SMILES string of the molecule is CC(C)(C)OC(=O)c1ccc(OCCCCCCCCCCC=O)cc1.CO. The van der Waals surface area contributed by atoms with Gasteiger partial charge in [0.25, 0.3) is 0 Å². The molecule has 0 saturated heterocycles. The van der Waals surface area contributed by atoms with Crippen LogP contribution in [0.5, 0.6) is 5.75 Å². The highest BCUT2D eigenvalue weighted by atomic mass is 16.6. The van der Waals surface area contributed by atoms with E-state index < -0.39 is 5.60 Å². The number of ether oxygens (including phenoxy) is 2. The predicted molar refractivity (Wildman–Crippen MR) is 113 cm³/mol. The van der Waals surface area contributed by atoms with Gasteiger partial charge in [-0.05, 0) is 57.9 Å². The van der Waals surface area contributed by atoms with Crippen molar-refractivity contribution in [1.29, 1.82) is 0 Å².